The summed E-state index contributed by atoms with van der Waals surface area (Å²) in [6.45, 7) is 0. The zero-order valence-electron chi connectivity index (χ0n) is 8.85. The highest BCUT2D eigenvalue weighted by atomic mass is 35.5. The molecule has 0 aliphatic carbocycles. The number of carboxylic acid groups (broad SMARTS) is 1. The van der Waals surface area contributed by atoms with Gasteiger partial charge in [-0.15, -0.1) is 0 Å². The van der Waals surface area contributed by atoms with Crippen molar-refractivity contribution in [2.24, 2.45) is 0 Å². The smallest absolute Gasteiger partial charge is 0.337 e. The molecule has 2 aromatic rings. The molecular formula is C13H10ClNO2. The van der Waals surface area contributed by atoms with Crippen LogP contribution in [0.5, 0.6) is 0 Å². The summed E-state index contributed by atoms with van der Waals surface area (Å²) in [6, 6.07) is 13.8. The lowest BCUT2D eigenvalue weighted by Gasteiger charge is -2.09. The Morgan fingerprint density at radius 1 is 1.12 bits per heavy atom. The molecule has 0 unspecified atom stereocenters. The number of nitrogens with one attached hydrogen (secondary N) is 1. The largest absolute Gasteiger partial charge is 0.478 e. The van der Waals surface area contributed by atoms with E-state index < -0.39 is 5.97 Å². The van der Waals surface area contributed by atoms with E-state index in [1.165, 1.54) is 0 Å². The second-order valence-corrected chi connectivity index (χ2v) is 3.92. The molecule has 2 aromatic carbocycles. The summed E-state index contributed by atoms with van der Waals surface area (Å²) in [5, 5.41) is 12.7. The molecule has 0 fully saturated rings. The van der Waals surface area contributed by atoms with Gasteiger partial charge in [0.15, 0.2) is 0 Å². The van der Waals surface area contributed by atoms with Crippen LogP contribution in [0, 0.1) is 0 Å². The first-order valence-electron chi connectivity index (χ1n) is 5.02. The van der Waals surface area contributed by atoms with Crippen molar-refractivity contribution in [1.29, 1.82) is 0 Å². The van der Waals surface area contributed by atoms with Crippen LogP contribution in [0.4, 0.5) is 11.4 Å². The molecule has 0 bridgehead atoms. The highest BCUT2D eigenvalue weighted by Crippen LogP contribution is 2.22. The zero-order valence-corrected chi connectivity index (χ0v) is 9.61. The van der Waals surface area contributed by atoms with Crippen molar-refractivity contribution in [2.45, 2.75) is 0 Å². The molecule has 0 atom stereocenters. The van der Waals surface area contributed by atoms with Crippen molar-refractivity contribution in [3.8, 4) is 0 Å². The molecule has 2 N–H and O–H groups in total. The van der Waals surface area contributed by atoms with Gasteiger partial charge >= 0.3 is 5.97 Å². The molecule has 2 rings (SSSR count). The molecule has 0 aliphatic heterocycles. The fourth-order valence-electron chi connectivity index (χ4n) is 1.50. The van der Waals surface area contributed by atoms with Crippen molar-refractivity contribution in [3.05, 3.63) is 59.1 Å². The van der Waals surface area contributed by atoms with E-state index in [0.717, 1.165) is 5.69 Å². The van der Waals surface area contributed by atoms with Gasteiger partial charge in [0.2, 0.25) is 0 Å². The maximum absolute atomic E-state index is 11.0. The van der Waals surface area contributed by atoms with Gasteiger partial charge in [-0.05, 0) is 30.3 Å². The van der Waals surface area contributed by atoms with Crippen LogP contribution in [0.3, 0.4) is 0 Å². The minimum Gasteiger partial charge on any atom is -0.478 e. The minimum absolute atomic E-state index is 0.229. The van der Waals surface area contributed by atoms with Crippen LogP contribution in [0.2, 0.25) is 5.02 Å². The fraction of sp³-hybridized carbons (Fsp3) is 0. The third-order valence-corrected chi connectivity index (χ3v) is 2.50. The van der Waals surface area contributed by atoms with Gasteiger partial charge < -0.3 is 10.4 Å². The van der Waals surface area contributed by atoms with Crippen LogP contribution in [0.15, 0.2) is 48.5 Å². The van der Waals surface area contributed by atoms with Gasteiger partial charge in [-0.2, -0.15) is 0 Å². The van der Waals surface area contributed by atoms with Gasteiger partial charge in [-0.25, -0.2) is 4.79 Å². The molecular weight excluding hydrogens is 238 g/mol. The van der Waals surface area contributed by atoms with E-state index in [-0.39, 0.29) is 5.56 Å². The standard InChI is InChI=1S/C13H10ClNO2/c14-9-4-3-5-10(8-9)15-12-7-2-1-6-11(12)13(16)17/h1-8,15H,(H,16,17). The molecule has 0 radical (unpaired) electrons. The van der Waals surface area contributed by atoms with E-state index in [0.29, 0.717) is 10.7 Å². The van der Waals surface area contributed by atoms with Crippen LogP contribution in [-0.2, 0) is 0 Å². The van der Waals surface area contributed by atoms with Gasteiger partial charge in [0.1, 0.15) is 0 Å². The summed E-state index contributed by atoms with van der Waals surface area (Å²) >= 11 is 5.86. The topological polar surface area (TPSA) is 49.3 Å². The zero-order chi connectivity index (χ0) is 12.3. The third-order valence-electron chi connectivity index (χ3n) is 2.26. The van der Waals surface area contributed by atoms with Crippen LogP contribution in [0.1, 0.15) is 10.4 Å². The van der Waals surface area contributed by atoms with Crippen molar-refractivity contribution in [2.75, 3.05) is 5.32 Å². The highest BCUT2D eigenvalue weighted by molar-refractivity contribution is 6.30. The summed E-state index contributed by atoms with van der Waals surface area (Å²) in [5.74, 6) is -0.963. The highest BCUT2D eigenvalue weighted by Gasteiger charge is 2.08. The molecule has 0 aliphatic rings. The van der Waals surface area contributed by atoms with Crippen molar-refractivity contribution in [1.82, 2.24) is 0 Å². The fourth-order valence-corrected chi connectivity index (χ4v) is 1.69. The summed E-state index contributed by atoms with van der Waals surface area (Å²) < 4.78 is 0. The van der Waals surface area contributed by atoms with Crippen LogP contribution in [0.25, 0.3) is 0 Å². The molecule has 4 heteroatoms. The predicted molar refractivity (Wildman–Crippen MR) is 68.1 cm³/mol. The number of hydrogen-bond acceptors (Lipinski definition) is 2. The molecule has 0 heterocycles. The first-order valence-corrected chi connectivity index (χ1v) is 5.39. The quantitative estimate of drug-likeness (QED) is 0.868. The summed E-state index contributed by atoms with van der Waals surface area (Å²) in [5.41, 5.74) is 1.53. The minimum atomic E-state index is -0.963. The average Bonchev–Trinajstić information content (AvgIpc) is 2.29. The molecule has 0 aromatic heterocycles. The lowest BCUT2D eigenvalue weighted by molar-refractivity contribution is 0.0698. The lowest BCUT2D eigenvalue weighted by atomic mass is 10.1. The molecule has 0 amide bonds. The normalized spacial score (nSPS) is 9.94. The number of aromatic carboxylic acids is 1. The Bertz CT molecular complexity index is 555. The molecule has 17 heavy (non-hydrogen) atoms. The average molecular weight is 248 g/mol. The maximum Gasteiger partial charge on any atom is 0.337 e. The van der Waals surface area contributed by atoms with Gasteiger partial charge in [-0.1, -0.05) is 29.8 Å². The lowest BCUT2D eigenvalue weighted by Crippen LogP contribution is -2.02. The Hall–Kier alpha value is -2.00. The first kappa shape index (κ1) is 11.5. The van der Waals surface area contributed by atoms with E-state index in [1.54, 1.807) is 42.5 Å². The Morgan fingerprint density at radius 3 is 2.59 bits per heavy atom. The predicted octanol–water partition coefficient (Wildman–Crippen LogP) is 3.78. The number of carboxylic acids is 1. The van der Waals surface area contributed by atoms with E-state index in [2.05, 4.69) is 5.32 Å². The Kier molecular flexibility index (Phi) is 3.30. The second-order valence-electron chi connectivity index (χ2n) is 3.49. The number of para-hydroxylation sites is 1. The Balaban J connectivity index is 2.33. The monoisotopic (exact) mass is 247 g/mol. The summed E-state index contributed by atoms with van der Waals surface area (Å²) in [6.07, 6.45) is 0. The molecule has 0 spiro atoms. The van der Waals surface area contributed by atoms with E-state index in [1.807, 2.05) is 6.07 Å². The molecule has 0 saturated heterocycles. The number of halogens is 1. The number of carbonyl (C=O) groups is 1. The number of rotatable bonds is 3. The van der Waals surface area contributed by atoms with Crippen LogP contribution < -0.4 is 5.32 Å². The number of hydrogen-bond donors (Lipinski definition) is 2. The molecule has 0 saturated carbocycles. The Morgan fingerprint density at radius 2 is 1.88 bits per heavy atom. The van der Waals surface area contributed by atoms with Gasteiger partial charge in [-0.3, -0.25) is 0 Å². The second kappa shape index (κ2) is 4.89. The van der Waals surface area contributed by atoms with Gasteiger partial charge in [0, 0.05) is 10.7 Å². The number of anilines is 2. The third kappa shape index (κ3) is 2.77. The van der Waals surface area contributed by atoms with Crippen LogP contribution >= 0.6 is 11.6 Å². The summed E-state index contributed by atoms with van der Waals surface area (Å²) in [7, 11) is 0. The first-order chi connectivity index (χ1) is 8.16. The SMILES string of the molecule is O=C(O)c1ccccc1Nc1cccc(Cl)c1. The van der Waals surface area contributed by atoms with E-state index in [4.69, 9.17) is 16.7 Å². The maximum atomic E-state index is 11.0. The molecule has 86 valence electrons. The van der Waals surface area contributed by atoms with Crippen molar-refractivity contribution < 1.29 is 9.90 Å². The van der Waals surface area contributed by atoms with Crippen molar-refractivity contribution >= 4 is 28.9 Å². The number of benzene rings is 2. The summed E-state index contributed by atoms with van der Waals surface area (Å²) in [4.78, 5) is 11.0. The Labute approximate surface area is 104 Å². The molecule has 3 nitrogen and oxygen atoms in total. The van der Waals surface area contributed by atoms with Crippen LogP contribution in [-0.4, -0.2) is 11.1 Å². The van der Waals surface area contributed by atoms with Crippen molar-refractivity contribution in [3.63, 3.8) is 0 Å². The van der Waals surface area contributed by atoms with Gasteiger partial charge in [0.25, 0.3) is 0 Å². The van der Waals surface area contributed by atoms with E-state index in [9.17, 15) is 4.79 Å². The van der Waals surface area contributed by atoms with E-state index >= 15 is 0 Å². The van der Waals surface area contributed by atoms with Gasteiger partial charge in [0.05, 0.1) is 11.3 Å².